The predicted octanol–water partition coefficient (Wildman–Crippen LogP) is 2.33. The summed E-state index contributed by atoms with van der Waals surface area (Å²) in [5.74, 6) is 0.558. The highest BCUT2D eigenvalue weighted by Gasteiger charge is 2.20. The molecule has 128 valence electrons. The zero-order valence-electron chi connectivity index (χ0n) is 13.8. The van der Waals surface area contributed by atoms with Crippen LogP contribution in [0.2, 0.25) is 0 Å². The molecule has 1 aliphatic rings. The normalized spacial score (nSPS) is 15.2. The summed E-state index contributed by atoms with van der Waals surface area (Å²) in [6.45, 7) is 6.74. The molecule has 0 unspecified atom stereocenters. The molecular formula is C17H20N2O5. The van der Waals surface area contributed by atoms with E-state index in [-0.39, 0.29) is 11.8 Å². The first-order valence-electron chi connectivity index (χ1n) is 7.83. The highest BCUT2D eigenvalue weighted by Crippen LogP contribution is 2.31. The van der Waals surface area contributed by atoms with Crippen molar-refractivity contribution in [1.29, 1.82) is 0 Å². The third-order valence-corrected chi connectivity index (χ3v) is 3.71. The van der Waals surface area contributed by atoms with E-state index in [1.165, 1.54) is 0 Å². The van der Waals surface area contributed by atoms with Crippen LogP contribution in [0.1, 0.15) is 42.7 Å². The fraction of sp³-hybridized carbons (Fsp3) is 0.412. The molecule has 0 aliphatic carbocycles. The van der Waals surface area contributed by atoms with E-state index in [1.54, 1.807) is 6.07 Å². The number of ether oxygens (including phenoxy) is 3. The lowest BCUT2D eigenvalue weighted by molar-refractivity contribution is -0.0442. The van der Waals surface area contributed by atoms with Gasteiger partial charge in [-0.05, 0) is 30.5 Å². The van der Waals surface area contributed by atoms with E-state index >= 15 is 0 Å². The minimum absolute atomic E-state index is 0.105. The van der Waals surface area contributed by atoms with Crippen LogP contribution < -0.4 is 16.0 Å². The molecule has 7 heteroatoms. The fourth-order valence-electron chi connectivity index (χ4n) is 2.72. The van der Waals surface area contributed by atoms with Crippen molar-refractivity contribution in [3.8, 4) is 11.6 Å². The molecule has 1 saturated heterocycles. The summed E-state index contributed by atoms with van der Waals surface area (Å²) in [6, 6.07) is 5.56. The predicted molar refractivity (Wildman–Crippen MR) is 87.7 cm³/mol. The molecule has 7 nitrogen and oxygen atoms in total. The summed E-state index contributed by atoms with van der Waals surface area (Å²) in [5.41, 5.74) is 1.14. The van der Waals surface area contributed by atoms with Crippen molar-refractivity contribution in [2.24, 2.45) is 0 Å². The Balaban J connectivity index is 2.00. The molecule has 24 heavy (non-hydrogen) atoms. The Kier molecular flexibility index (Phi) is 4.55. The van der Waals surface area contributed by atoms with E-state index in [4.69, 9.17) is 14.2 Å². The van der Waals surface area contributed by atoms with Gasteiger partial charge in [-0.1, -0.05) is 19.9 Å². The van der Waals surface area contributed by atoms with Crippen LogP contribution in [0.5, 0.6) is 11.6 Å². The highest BCUT2D eigenvalue weighted by molar-refractivity contribution is 5.38. The smallest absolute Gasteiger partial charge is 0.328 e. The van der Waals surface area contributed by atoms with E-state index in [0.29, 0.717) is 24.5 Å². The number of rotatable bonds is 4. The van der Waals surface area contributed by atoms with Gasteiger partial charge in [0.2, 0.25) is 5.88 Å². The fourth-order valence-corrected chi connectivity index (χ4v) is 2.72. The maximum atomic E-state index is 12.0. The molecule has 0 spiro atoms. The van der Waals surface area contributed by atoms with Gasteiger partial charge in [0.25, 0.3) is 5.56 Å². The van der Waals surface area contributed by atoms with Gasteiger partial charge < -0.3 is 14.2 Å². The van der Waals surface area contributed by atoms with Crippen LogP contribution in [0.15, 0.2) is 27.8 Å². The van der Waals surface area contributed by atoms with E-state index in [9.17, 15) is 9.59 Å². The van der Waals surface area contributed by atoms with Crippen molar-refractivity contribution < 1.29 is 14.2 Å². The van der Waals surface area contributed by atoms with E-state index in [0.717, 1.165) is 11.1 Å². The van der Waals surface area contributed by atoms with Gasteiger partial charge in [0.1, 0.15) is 5.75 Å². The van der Waals surface area contributed by atoms with Crippen LogP contribution in [0.25, 0.3) is 0 Å². The third-order valence-electron chi connectivity index (χ3n) is 3.71. The minimum atomic E-state index is -0.602. The number of aromatic amines is 2. The lowest BCUT2D eigenvalue weighted by Crippen LogP contribution is -2.26. The first-order chi connectivity index (χ1) is 11.4. The van der Waals surface area contributed by atoms with Crippen molar-refractivity contribution in [2.45, 2.75) is 33.0 Å². The molecule has 0 atom stereocenters. The Hall–Kier alpha value is -2.38. The van der Waals surface area contributed by atoms with Crippen molar-refractivity contribution >= 4 is 0 Å². The van der Waals surface area contributed by atoms with Crippen molar-refractivity contribution in [1.82, 2.24) is 9.97 Å². The Morgan fingerprint density at radius 3 is 2.50 bits per heavy atom. The van der Waals surface area contributed by atoms with Crippen LogP contribution in [-0.2, 0) is 9.47 Å². The molecule has 0 saturated carbocycles. The molecule has 0 bridgehead atoms. The highest BCUT2D eigenvalue weighted by atomic mass is 16.7. The quantitative estimate of drug-likeness (QED) is 0.896. The van der Waals surface area contributed by atoms with Crippen LogP contribution in [0.4, 0.5) is 0 Å². The number of benzene rings is 1. The van der Waals surface area contributed by atoms with Crippen LogP contribution in [0.3, 0.4) is 0 Å². The second-order valence-electron chi connectivity index (χ2n) is 6.06. The van der Waals surface area contributed by atoms with Gasteiger partial charge in [0.15, 0.2) is 6.29 Å². The van der Waals surface area contributed by atoms with Gasteiger partial charge >= 0.3 is 5.69 Å². The number of H-pyrrole nitrogens is 2. The van der Waals surface area contributed by atoms with Crippen molar-refractivity contribution in [3.63, 3.8) is 0 Å². The van der Waals surface area contributed by atoms with Gasteiger partial charge in [-0.3, -0.25) is 14.8 Å². The van der Waals surface area contributed by atoms with Crippen LogP contribution in [0, 0.1) is 6.92 Å². The topological polar surface area (TPSA) is 93.4 Å². The Morgan fingerprint density at radius 2 is 1.83 bits per heavy atom. The molecule has 1 aromatic carbocycles. The second kappa shape index (κ2) is 6.62. The average Bonchev–Trinajstić information content (AvgIpc) is 2.99. The summed E-state index contributed by atoms with van der Waals surface area (Å²) in [4.78, 5) is 28.4. The molecule has 2 N–H and O–H groups in total. The van der Waals surface area contributed by atoms with Crippen LogP contribution in [-0.4, -0.2) is 23.2 Å². The zero-order chi connectivity index (χ0) is 17.3. The number of aryl methyl sites for hydroxylation is 1. The van der Waals surface area contributed by atoms with Gasteiger partial charge in [0, 0.05) is 5.56 Å². The standard InChI is InChI=1S/C17H20N2O5/c1-9(2)13-14(20)18-17(21)19-15(13)24-12-7-10(3)6-11(8-12)16-22-4-5-23-16/h6-9,16H,4-5H2,1-3H3,(H2,18,19,20,21). The number of hydrogen-bond donors (Lipinski definition) is 2. The van der Waals surface area contributed by atoms with Gasteiger partial charge in [0.05, 0.1) is 18.8 Å². The van der Waals surface area contributed by atoms with Crippen LogP contribution >= 0.6 is 0 Å². The second-order valence-corrected chi connectivity index (χ2v) is 6.06. The van der Waals surface area contributed by atoms with Gasteiger partial charge in [-0.25, -0.2) is 4.79 Å². The molecule has 3 rings (SSSR count). The lowest BCUT2D eigenvalue weighted by atomic mass is 10.1. The first-order valence-corrected chi connectivity index (χ1v) is 7.83. The zero-order valence-corrected chi connectivity index (χ0v) is 13.8. The molecule has 1 fully saturated rings. The molecule has 1 aliphatic heterocycles. The molecule has 0 radical (unpaired) electrons. The van der Waals surface area contributed by atoms with Crippen molar-refractivity contribution in [3.05, 3.63) is 55.7 Å². The van der Waals surface area contributed by atoms with E-state index in [1.807, 2.05) is 32.9 Å². The number of aromatic nitrogens is 2. The SMILES string of the molecule is Cc1cc(Oc2[nH]c(=O)[nH]c(=O)c2C(C)C)cc(C2OCCO2)c1. The maximum Gasteiger partial charge on any atom is 0.328 e. The number of nitrogens with one attached hydrogen (secondary N) is 2. The minimum Gasteiger partial charge on any atom is -0.440 e. The number of hydrogen-bond acceptors (Lipinski definition) is 5. The average molecular weight is 332 g/mol. The monoisotopic (exact) mass is 332 g/mol. The van der Waals surface area contributed by atoms with E-state index < -0.39 is 17.5 Å². The third kappa shape index (κ3) is 3.42. The summed E-state index contributed by atoms with van der Waals surface area (Å²) in [7, 11) is 0. The Morgan fingerprint density at radius 1 is 1.12 bits per heavy atom. The molecule has 1 aromatic heterocycles. The molecule has 0 amide bonds. The summed E-state index contributed by atoms with van der Waals surface area (Å²) >= 11 is 0. The Labute approximate surface area is 138 Å². The molecule has 2 aromatic rings. The largest absolute Gasteiger partial charge is 0.440 e. The lowest BCUT2D eigenvalue weighted by Gasteiger charge is -2.15. The summed E-state index contributed by atoms with van der Waals surface area (Å²) in [6.07, 6.45) is -0.421. The Bertz CT molecular complexity index is 847. The maximum absolute atomic E-state index is 12.0. The first kappa shape index (κ1) is 16.5. The molecular weight excluding hydrogens is 312 g/mol. The van der Waals surface area contributed by atoms with Gasteiger partial charge in [-0.2, -0.15) is 0 Å². The summed E-state index contributed by atoms with van der Waals surface area (Å²) < 4.78 is 16.8. The molecule has 2 heterocycles. The van der Waals surface area contributed by atoms with Crippen molar-refractivity contribution in [2.75, 3.05) is 13.2 Å². The van der Waals surface area contributed by atoms with E-state index in [2.05, 4.69) is 9.97 Å². The summed E-state index contributed by atoms with van der Waals surface area (Å²) in [5, 5.41) is 0. The van der Waals surface area contributed by atoms with Gasteiger partial charge in [-0.15, -0.1) is 0 Å².